The molecule has 1 aromatic heterocycles. The number of fused-ring (bicyclic) bond motifs is 1. The highest BCUT2D eigenvalue weighted by atomic mass is 79.9. The van der Waals surface area contributed by atoms with Gasteiger partial charge in [0.1, 0.15) is 5.82 Å². The van der Waals surface area contributed by atoms with Gasteiger partial charge in [-0.15, -0.1) is 0 Å². The van der Waals surface area contributed by atoms with Crippen molar-refractivity contribution in [3.05, 3.63) is 57.1 Å². The summed E-state index contributed by atoms with van der Waals surface area (Å²) in [6, 6.07) is 8.29. The van der Waals surface area contributed by atoms with E-state index in [2.05, 4.69) is 50.3 Å². The van der Waals surface area contributed by atoms with Crippen LogP contribution < -0.4 is 5.32 Å². The van der Waals surface area contributed by atoms with Gasteiger partial charge in [-0.1, -0.05) is 28.1 Å². The molecular weight excluding hydrogens is 290 g/mol. The predicted octanol–water partition coefficient (Wildman–Crippen LogP) is 2.74. The Kier molecular flexibility index (Phi) is 3.14. The smallest absolute Gasteiger partial charge is 0.133 e. The van der Waals surface area contributed by atoms with E-state index in [1.165, 1.54) is 11.1 Å². The zero-order valence-corrected chi connectivity index (χ0v) is 11.8. The van der Waals surface area contributed by atoms with Crippen LogP contribution in [0.3, 0.4) is 0 Å². The Morgan fingerprint density at radius 1 is 1.28 bits per heavy atom. The fourth-order valence-electron chi connectivity index (χ4n) is 2.31. The first kappa shape index (κ1) is 11.8. The largest absolute Gasteiger partial charge is 0.307 e. The average molecular weight is 304 g/mol. The molecule has 1 aromatic carbocycles. The summed E-state index contributed by atoms with van der Waals surface area (Å²) >= 11 is 3.49. The molecule has 92 valence electrons. The fraction of sp³-hybridized carbons (Fsp3) is 0.286. The molecule has 0 spiro atoms. The first-order valence-corrected chi connectivity index (χ1v) is 6.82. The normalized spacial score (nSPS) is 13.7. The lowest BCUT2D eigenvalue weighted by atomic mass is 10.1. The molecule has 0 aliphatic carbocycles. The van der Waals surface area contributed by atoms with Crippen molar-refractivity contribution in [1.82, 2.24) is 15.3 Å². The maximum atomic E-state index is 4.65. The monoisotopic (exact) mass is 303 g/mol. The van der Waals surface area contributed by atoms with Crippen LogP contribution in [0.25, 0.3) is 0 Å². The molecule has 3 nitrogen and oxygen atoms in total. The predicted molar refractivity (Wildman–Crippen MR) is 74.3 cm³/mol. The van der Waals surface area contributed by atoms with E-state index in [9.17, 15) is 0 Å². The first-order valence-electron chi connectivity index (χ1n) is 6.03. The molecule has 18 heavy (non-hydrogen) atoms. The van der Waals surface area contributed by atoms with Crippen molar-refractivity contribution >= 4 is 15.9 Å². The van der Waals surface area contributed by atoms with Gasteiger partial charge < -0.3 is 5.32 Å². The highest BCUT2D eigenvalue weighted by molar-refractivity contribution is 9.10. The molecule has 3 rings (SSSR count). The van der Waals surface area contributed by atoms with Crippen molar-refractivity contribution in [3.63, 3.8) is 0 Å². The summed E-state index contributed by atoms with van der Waals surface area (Å²) in [5.74, 6) is 0.910. The number of aryl methyl sites for hydroxylation is 1. The lowest BCUT2D eigenvalue weighted by Gasteiger charge is -2.06. The molecular formula is C14H14BrN3. The van der Waals surface area contributed by atoms with E-state index in [0.29, 0.717) is 0 Å². The molecule has 1 N–H and O–H groups in total. The van der Waals surface area contributed by atoms with Crippen molar-refractivity contribution < 1.29 is 0 Å². The standard InChI is InChI=1S/C14H14BrN3/c1-9-12-7-16-8-13(12)18-14(17-9)6-10-3-2-4-11(15)5-10/h2-5,16H,6-8H2,1H3. The van der Waals surface area contributed by atoms with E-state index < -0.39 is 0 Å². The lowest BCUT2D eigenvalue weighted by Crippen LogP contribution is -2.04. The Morgan fingerprint density at radius 3 is 3.00 bits per heavy atom. The summed E-state index contributed by atoms with van der Waals surface area (Å²) in [4.78, 5) is 9.25. The maximum absolute atomic E-state index is 4.65. The fourth-order valence-corrected chi connectivity index (χ4v) is 2.76. The van der Waals surface area contributed by atoms with Gasteiger partial charge in [0.05, 0.1) is 5.69 Å². The van der Waals surface area contributed by atoms with Gasteiger partial charge in [0.15, 0.2) is 0 Å². The van der Waals surface area contributed by atoms with E-state index in [-0.39, 0.29) is 0 Å². The molecule has 0 saturated heterocycles. The molecule has 2 aromatic rings. The minimum atomic E-state index is 0.785. The van der Waals surface area contributed by atoms with Gasteiger partial charge >= 0.3 is 0 Å². The van der Waals surface area contributed by atoms with E-state index in [1.54, 1.807) is 0 Å². The first-order chi connectivity index (χ1) is 8.72. The molecule has 0 atom stereocenters. The Balaban J connectivity index is 1.92. The Labute approximate surface area is 115 Å². The van der Waals surface area contributed by atoms with E-state index >= 15 is 0 Å². The number of hydrogen-bond donors (Lipinski definition) is 1. The average Bonchev–Trinajstić information content (AvgIpc) is 2.77. The van der Waals surface area contributed by atoms with Crippen LogP contribution in [0.1, 0.15) is 28.3 Å². The van der Waals surface area contributed by atoms with Crippen molar-refractivity contribution in [3.8, 4) is 0 Å². The van der Waals surface area contributed by atoms with Crippen LogP contribution in [-0.4, -0.2) is 9.97 Å². The van der Waals surface area contributed by atoms with Crippen molar-refractivity contribution in [1.29, 1.82) is 0 Å². The Hall–Kier alpha value is -1.26. The quantitative estimate of drug-likeness (QED) is 0.927. The Morgan fingerprint density at radius 2 is 2.17 bits per heavy atom. The Bertz CT molecular complexity index is 596. The van der Waals surface area contributed by atoms with Crippen LogP contribution in [0, 0.1) is 6.92 Å². The topological polar surface area (TPSA) is 37.8 Å². The van der Waals surface area contributed by atoms with Crippen LogP contribution in [0.4, 0.5) is 0 Å². The molecule has 0 bridgehead atoms. The minimum Gasteiger partial charge on any atom is -0.307 e. The summed E-state index contributed by atoms with van der Waals surface area (Å²) in [5, 5.41) is 3.32. The van der Waals surface area contributed by atoms with Crippen LogP contribution in [0.5, 0.6) is 0 Å². The molecule has 2 heterocycles. The summed E-state index contributed by atoms with van der Waals surface area (Å²) in [7, 11) is 0. The second-order valence-electron chi connectivity index (χ2n) is 4.56. The third kappa shape index (κ3) is 2.31. The third-order valence-electron chi connectivity index (χ3n) is 3.19. The molecule has 1 aliphatic heterocycles. The highest BCUT2D eigenvalue weighted by Crippen LogP contribution is 2.18. The van der Waals surface area contributed by atoms with Gasteiger partial charge in [-0.25, -0.2) is 9.97 Å². The van der Waals surface area contributed by atoms with Crippen molar-refractivity contribution in [2.45, 2.75) is 26.4 Å². The van der Waals surface area contributed by atoms with E-state index in [0.717, 1.165) is 41.2 Å². The molecule has 0 radical (unpaired) electrons. The van der Waals surface area contributed by atoms with Gasteiger partial charge in [0, 0.05) is 35.2 Å². The van der Waals surface area contributed by atoms with Crippen molar-refractivity contribution in [2.75, 3.05) is 0 Å². The molecule has 0 amide bonds. The number of nitrogens with one attached hydrogen (secondary N) is 1. The highest BCUT2D eigenvalue weighted by Gasteiger charge is 2.16. The second kappa shape index (κ2) is 4.78. The zero-order valence-electron chi connectivity index (χ0n) is 10.2. The molecule has 1 aliphatic rings. The number of aromatic nitrogens is 2. The van der Waals surface area contributed by atoms with Gasteiger partial charge in [0.25, 0.3) is 0 Å². The number of halogens is 1. The van der Waals surface area contributed by atoms with Crippen molar-refractivity contribution in [2.24, 2.45) is 0 Å². The number of hydrogen-bond acceptors (Lipinski definition) is 3. The van der Waals surface area contributed by atoms with Crippen LogP contribution in [-0.2, 0) is 19.5 Å². The van der Waals surface area contributed by atoms with E-state index in [1.807, 2.05) is 12.1 Å². The number of rotatable bonds is 2. The van der Waals surface area contributed by atoms with E-state index in [4.69, 9.17) is 0 Å². The third-order valence-corrected chi connectivity index (χ3v) is 3.68. The van der Waals surface area contributed by atoms with Gasteiger partial charge in [-0.2, -0.15) is 0 Å². The summed E-state index contributed by atoms with van der Waals surface area (Å²) in [5.41, 5.74) is 4.77. The maximum Gasteiger partial charge on any atom is 0.133 e. The molecule has 0 saturated carbocycles. The summed E-state index contributed by atoms with van der Waals surface area (Å²) < 4.78 is 1.10. The lowest BCUT2D eigenvalue weighted by molar-refractivity contribution is 0.755. The summed E-state index contributed by atoms with van der Waals surface area (Å²) in [6.07, 6.45) is 0.785. The molecule has 0 unspecified atom stereocenters. The SMILES string of the molecule is Cc1nc(Cc2cccc(Br)c2)nc2c1CNC2. The second-order valence-corrected chi connectivity index (χ2v) is 5.48. The number of nitrogens with zero attached hydrogens (tertiary/aromatic N) is 2. The van der Waals surface area contributed by atoms with Gasteiger partial charge in [-0.05, 0) is 24.6 Å². The van der Waals surface area contributed by atoms with Gasteiger partial charge in [0.2, 0.25) is 0 Å². The van der Waals surface area contributed by atoms with Crippen LogP contribution in [0.15, 0.2) is 28.7 Å². The van der Waals surface area contributed by atoms with Crippen LogP contribution >= 0.6 is 15.9 Å². The molecule has 0 fully saturated rings. The van der Waals surface area contributed by atoms with Gasteiger partial charge in [-0.3, -0.25) is 0 Å². The van der Waals surface area contributed by atoms with Crippen LogP contribution in [0.2, 0.25) is 0 Å². The molecule has 4 heteroatoms. The number of benzene rings is 1. The summed E-state index contributed by atoms with van der Waals surface area (Å²) in [6.45, 7) is 3.83. The minimum absolute atomic E-state index is 0.785. The zero-order chi connectivity index (χ0) is 12.5.